The van der Waals surface area contributed by atoms with Gasteiger partial charge in [0.25, 0.3) is 5.91 Å². The largest absolute Gasteiger partial charge is 0.478 e. The predicted octanol–water partition coefficient (Wildman–Crippen LogP) is 3.19. The first-order valence-electron chi connectivity index (χ1n) is 6.98. The summed E-state index contributed by atoms with van der Waals surface area (Å²) in [5.74, 6) is 1.43. The second-order valence-electron chi connectivity index (χ2n) is 4.92. The zero-order valence-corrected chi connectivity index (χ0v) is 11.6. The summed E-state index contributed by atoms with van der Waals surface area (Å²) in [5, 5.41) is 0. The average molecular weight is 283 g/mol. The van der Waals surface area contributed by atoms with E-state index in [0.717, 1.165) is 12.2 Å². The van der Waals surface area contributed by atoms with E-state index < -0.39 is 6.10 Å². The first kappa shape index (κ1) is 13.5. The van der Waals surface area contributed by atoms with Crippen LogP contribution in [0.15, 0.2) is 65.8 Å². The normalized spacial score (nSPS) is 21.0. The number of furan rings is 1. The standard InChI is InChI=1S/C17H17NO3/c1-2-3-11-18-15(14-10-7-12-20-14)16(17(18)19)21-13-8-5-4-6-9-13/h2,4-10,12,15-16H,1,3,11H2/t15-,16+/m1/s1. The molecule has 3 rings (SSSR count). The van der Waals surface area contributed by atoms with E-state index in [0.29, 0.717) is 12.3 Å². The molecule has 1 aromatic carbocycles. The second-order valence-corrected chi connectivity index (χ2v) is 4.92. The van der Waals surface area contributed by atoms with Gasteiger partial charge in [0.05, 0.1) is 6.26 Å². The lowest BCUT2D eigenvalue weighted by atomic mass is 9.95. The summed E-state index contributed by atoms with van der Waals surface area (Å²) in [7, 11) is 0. The molecule has 1 aliphatic rings. The highest BCUT2D eigenvalue weighted by atomic mass is 16.5. The van der Waals surface area contributed by atoms with Crippen molar-refractivity contribution in [1.82, 2.24) is 4.90 Å². The molecular weight excluding hydrogens is 266 g/mol. The summed E-state index contributed by atoms with van der Waals surface area (Å²) in [6.45, 7) is 4.33. The monoisotopic (exact) mass is 283 g/mol. The first-order valence-corrected chi connectivity index (χ1v) is 6.98. The molecule has 2 atom stereocenters. The van der Waals surface area contributed by atoms with E-state index in [1.54, 1.807) is 17.2 Å². The minimum absolute atomic E-state index is 0.0119. The van der Waals surface area contributed by atoms with Gasteiger partial charge in [-0.3, -0.25) is 4.79 Å². The summed E-state index contributed by atoms with van der Waals surface area (Å²) in [4.78, 5) is 14.1. The van der Waals surface area contributed by atoms with Gasteiger partial charge in [0.1, 0.15) is 17.6 Å². The highest BCUT2D eigenvalue weighted by Gasteiger charge is 2.51. The van der Waals surface area contributed by atoms with E-state index in [9.17, 15) is 4.79 Å². The molecule has 1 amide bonds. The van der Waals surface area contributed by atoms with Crippen molar-refractivity contribution in [2.24, 2.45) is 0 Å². The van der Waals surface area contributed by atoms with E-state index in [4.69, 9.17) is 9.15 Å². The maximum Gasteiger partial charge on any atom is 0.267 e. The van der Waals surface area contributed by atoms with Crippen molar-refractivity contribution >= 4 is 5.91 Å². The molecule has 2 heterocycles. The van der Waals surface area contributed by atoms with Crippen molar-refractivity contribution in [3.63, 3.8) is 0 Å². The molecule has 0 aliphatic carbocycles. The van der Waals surface area contributed by atoms with Crippen LogP contribution in [0.4, 0.5) is 0 Å². The van der Waals surface area contributed by atoms with Crippen LogP contribution in [0.5, 0.6) is 5.75 Å². The van der Waals surface area contributed by atoms with Crippen LogP contribution < -0.4 is 4.74 Å². The molecule has 0 saturated carbocycles. The van der Waals surface area contributed by atoms with Crippen LogP contribution in [-0.4, -0.2) is 23.5 Å². The van der Waals surface area contributed by atoms with Crippen molar-refractivity contribution in [2.45, 2.75) is 18.6 Å². The van der Waals surface area contributed by atoms with Crippen LogP contribution in [0.3, 0.4) is 0 Å². The smallest absolute Gasteiger partial charge is 0.267 e. The van der Waals surface area contributed by atoms with Crippen molar-refractivity contribution < 1.29 is 13.9 Å². The molecule has 2 aromatic rings. The highest BCUT2D eigenvalue weighted by molar-refractivity contribution is 5.89. The first-order chi connectivity index (χ1) is 10.3. The third-order valence-corrected chi connectivity index (χ3v) is 3.56. The van der Waals surface area contributed by atoms with Gasteiger partial charge in [-0.05, 0) is 30.7 Å². The van der Waals surface area contributed by atoms with Crippen molar-refractivity contribution in [2.75, 3.05) is 6.54 Å². The molecule has 1 aliphatic heterocycles. The zero-order valence-electron chi connectivity index (χ0n) is 11.6. The SMILES string of the molecule is C=CCCN1C(=O)[C@@H](Oc2ccccc2)[C@H]1c1ccco1. The highest BCUT2D eigenvalue weighted by Crippen LogP contribution is 2.37. The molecule has 1 saturated heterocycles. The molecule has 0 N–H and O–H groups in total. The van der Waals surface area contributed by atoms with E-state index in [1.807, 2.05) is 42.5 Å². The van der Waals surface area contributed by atoms with Crippen LogP contribution in [0.1, 0.15) is 18.2 Å². The Morgan fingerprint density at radius 2 is 2.05 bits per heavy atom. The number of hydrogen-bond donors (Lipinski definition) is 0. The number of β-lactam (4-membered cyclic amide) rings is 1. The molecule has 0 spiro atoms. The second kappa shape index (κ2) is 5.87. The fraction of sp³-hybridized carbons (Fsp3) is 0.235. The molecule has 0 unspecified atom stereocenters. The molecule has 0 radical (unpaired) electrons. The maximum atomic E-state index is 12.3. The van der Waals surface area contributed by atoms with Crippen molar-refractivity contribution in [3.05, 3.63) is 67.1 Å². The quantitative estimate of drug-likeness (QED) is 0.604. The number of ether oxygens (including phenoxy) is 1. The molecule has 1 fully saturated rings. The van der Waals surface area contributed by atoms with Gasteiger partial charge in [-0.1, -0.05) is 24.3 Å². The topological polar surface area (TPSA) is 42.7 Å². The number of carbonyl (C=O) groups is 1. The minimum atomic E-state index is -0.525. The number of hydrogen-bond acceptors (Lipinski definition) is 3. The molecule has 4 heteroatoms. The Morgan fingerprint density at radius 3 is 2.71 bits per heavy atom. The molecular formula is C17H17NO3. The number of amides is 1. The predicted molar refractivity (Wildman–Crippen MR) is 78.8 cm³/mol. The Balaban J connectivity index is 1.79. The fourth-order valence-electron chi connectivity index (χ4n) is 2.52. The third-order valence-electron chi connectivity index (χ3n) is 3.56. The lowest BCUT2D eigenvalue weighted by molar-refractivity contribution is -0.165. The van der Waals surface area contributed by atoms with Gasteiger partial charge < -0.3 is 14.1 Å². The lowest BCUT2D eigenvalue weighted by Gasteiger charge is -2.45. The molecule has 0 bridgehead atoms. The van der Waals surface area contributed by atoms with Crippen LogP contribution >= 0.6 is 0 Å². The number of benzene rings is 1. The van der Waals surface area contributed by atoms with Gasteiger partial charge in [-0.2, -0.15) is 0 Å². The Morgan fingerprint density at radius 1 is 1.24 bits per heavy atom. The Labute approximate surface area is 123 Å². The van der Waals surface area contributed by atoms with Crippen molar-refractivity contribution in [1.29, 1.82) is 0 Å². The van der Waals surface area contributed by atoms with Gasteiger partial charge in [-0.15, -0.1) is 6.58 Å². The van der Waals surface area contributed by atoms with E-state index in [1.165, 1.54) is 0 Å². The molecule has 1 aromatic heterocycles. The van der Waals surface area contributed by atoms with Crippen LogP contribution in [0.25, 0.3) is 0 Å². The maximum absolute atomic E-state index is 12.3. The average Bonchev–Trinajstić information content (AvgIpc) is 3.03. The molecule has 108 valence electrons. The third kappa shape index (κ3) is 2.57. The zero-order chi connectivity index (χ0) is 14.7. The van der Waals surface area contributed by atoms with Gasteiger partial charge >= 0.3 is 0 Å². The number of nitrogens with zero attached hydrogens (tertiary/aromatic N) is 1. The number of para-hydroxylation sites is 1. The Kier molecular flexibility index (Phi) is 3.77. The number of rotatable bonds is 6. The van der Waals surface area contributed by atoms with E-state index in [-0.39, 0.29) is 11.9 Å². The lowest BCUT2D eigenvalue weighted by Crippen LogP contribution is -2.61. The number of likely N-dealkylation sites (tertiary alicyclic amines) is 1. The Bertz CT molecular complexity index is 606. The summed E-state index contributed by atoms with van der Waals surface area (Å²) in [6, 6.07) is 12.9. The molecule has 4 nitrogen and oxygen atoms in total. The van der Waals surface area contributed by atoms with E-state index in [2.05, 4.69) is 6.58 Å². The van der Waals surface area contributed by atoms with E-state index >= 15 is 0 Å². The van der Waals surface area contributed by atoms with Crippen molar-refractivity contribution in [3.8, 4) is 5.75 Å². The fourth-order valence-corrected chi connectivity index (χ4v) is 2.52. The summed E-state index contributed by atoms with van der Waals surface area (Å²) in [5.41, 5.74) is 0. The minimum Gasteiger partial charge on any atom is -0.478 e. The van der Waals surface area contributed by atoms with Gasteiger partial charge in [0, 0.05) is 6.54 Å². The van der Waals surface area contributed by atoms with Gasteiger partial charge in [0.2, 0.25) is 6.10 Å². The summed E-state index contributed by atoms with van der Waals surface area (Å²) >= 11 is 0. The van der Waals surface area contributed by atoms with Gasteiger partial charge in [-0.25, -0.2) is 0 Å². The van der Waals surface area contributed by atoms with Crippen LogP contribution in [-0.2, 0) is 4.79 Å². The van der Waals surface area contributed by atoms with Crippen LogP contribution in [0.2, 0.25) is 0 Å². The summed E-state index contributed by atoms with van der Waals surface area (Å²) in [6.07, 6.45) is 3.64. The molecule has 21 heavy (non-hydrogen) atoms. The Hall–Kier alpha value is -2.49. The number of carbonyl (C=O) groups excluding carboxylic acids is 1. The van der Waals surface area contributed by atoms with Crippen LogP contribution in [0, 0.1) is 0 Å². The summed E-state index contributed by atoms with van der Waals surface area (Å²) < 4.78 is 11.3. The van der Waals surface area contributed by atoms with Gasteiger partial charge in [0.15, 0.2) is 0 Å².